The number of hydrogen-bond donors (Lipinski definition) is 1. The Balaban J connectivity index is 2.07. The number of morpholine rings is 1. The van der Waals surface area contributed by atoms with Gasteiger partial charge in [0.15, 0.2) is 0 Å². The molecule has 1 aliphatic heterocycles. The largest absolute Gasteiger partial charge is 0.399 e. The zero-order valence-corrected chi connectivity index (χ0v) is 10.9. The molecule has 0 aromatic heterocycles. The van der Waals surface area contributed by atoms with Gasteiger partial charge in [-0.15, -0.1) is 0 Å². The lowest BCUT2D eigenvalue weighted by Crippen LogP contribution is -2.44. The van der Waals surface area contributed by atoms with E-state index in [0.717, 1.165) is 25.3 Å². The van der Waals surface area contributed by atoms with Crippen molar-refractivity contribution in [1.82, 2.24) is 4.90 Å². The third-order valence-electron chi connectivity index (χ3n) is 3.38. The fourth-order valence-electron chi connectivity index (χ4n) is 2.53. The van der Waals surface area contributed by atoms with E-state index in [1.54, 1.807) is 0 Å². The predicted octanol–water partition coefficient (Wildman–Crippen LogP) is 2.19. The van der Waals surface area contributed by atoms with Crippen molar-refractivity contribution in [3.8, 4) is 0 Å². The van der Waals surface area contributed by atoms with E-state index in [1.165, 1.54) is 11.1 Å². The quantitative estimate of drug-likeness (QED) is 0.797. The lowest BCUT2D eigenvalue weighted by molar-refractivity contribution is -0.0705. The first-order chi connectivity index (χ1) is 8.06. The summed E-state index contributed by atoms with van der Waals surface area (Å²) in [6.45, 7) is 9.33. The SMILES string of the molecule is Cc1c(N)cccc1CN1C[C@@H](C)O[C@@H](C)C1. The Morgan fingerprint density at radius 1 is 1.29 bits per heavy atom. The number of benzene rings is 1. The maximum Gasteiger partial charge on any atom is 0.0678 e. The number of anilines is 1. The highest BCUT2D eigenvalue weighted by Crippen LogP contribution is 2.19. The van der Waals surface area contributed by atoms with Gasteiger partial charge in [0.2, 0.25) is 0 Å². The van der Waals surface area contributed by atoms with E-state index < -0.39 is 0 Å². The van der Waals surface area contributed by atoms with E-state index in [4.69, 9.17) is 10.5 Å². The van der Waals surface area contributed by atoms with Crippen LogP contribution < -0.4 is 5.73 Å². The van der Waals surface area contributed by atoms with E-state index in [-0.39, 0.29) is 0 Å². The molecule has 0 saturated carbocycles. The molecule has 17 heavy (non-hydrogen) atoms. The van der Waals surface area contributed by atoms with Gasteiger partial charge in [-0.1, -0.05) is 12.1 Å². The lowest BCUT2D eigenvalue weighted by Gasteiger charge is -2.35. The minimum Gasteiger partial charge on any atom is -0.399 e. The molecule has 2 N–H and O–H groups in total. The third kappa shape index (κ3) is 2.99. The maximum atomic E-state index is 5.94. The van der Waals surface area contributed by atoms with Gasteiger partial charge < -0.3 is 10.5 Å². The minimum absolute atomic E-state index is 0.320. The van der Waals surface area contributed by atoms with Crippen LogP contribution in [0.2, 0.25) is 0 Å². The molecule has 0 radical (unpaired) electrons. The van der Waals surface area contributed by atoms with Crippen LogP contribution in [0.15, 0.2) is 18.2 Å². The first-order valence-electron chi connectivity index (χ1n) is 6.28. The zero-order valence-electron chi connectivity index (χ0n) is 10.9. The number of ether oxygens (including phenoxy) is 1. The van der Waals surface area contributed by atoms with Gasteiger partial charge in [0.1, 0.15) is 0 Å². The van der Waals surface area contributed by atoms with Gasteiger partial charge in [0.25, 0.3) is 0 Å². The third-order valence-corrected chi connectivity index (χ3v) is 3.38. The molecule has 1 aliphatic rings. The summed E-state index contributed by atoms with van der Waals surface area (Å²) < 4.78 is 5.74. The molecule has 2 rings (SSSR count). The number of nitrogen functional groups attached to an aromatic ring is 1. The van der Waals surface area contributed by atoms with E-state index >= 15 is 0 Å². The Morgan fingerprint density at radius 3 is 2.59 bits per heavy atom. The predicted molar refractivity (Wildman–Crippen MR) is 70.9 cm³/mol. The van der Waals surface area contributed by atoms with Crippen molar-refractivity contribution in [2.75, 3.05) is 18.8 Å². The Kier molecular flexibility index (Phi) is 3.69. The summed E-state index contributed by atoms with van der Waals surface area (Å²) in [4.78, 5) is 2.45. The van der Waals surface area contributed by atoms with Crippen LogP contribution in [-0.4, -0.2) is 30.2 Å². The van der Waals surface area contributed by atoms with Crippen LogP contribution >= 0.6 is 0 Å². The second-order valence-corrected chi connectivity index (χ2v) is 5.08. The Morgan fingerprint density at radius 2 is 1.94 bits per heavy atom. The first-order valence-corrected chi connectivity index (χ1v) is 6.28. The van der Waals surface area contributed by atoms with Crippen LogP contribution in [0.4, 0.5) is 5.69 Å². The monoisotopic (exact) mass is 234 g/mol. The van der Waals surface area contributed by atoms with Gasteiger partial charge in [0, 0.05) is 25.3 Å². The molecule has 0 spiro atoms. The molecule has 1 saturated heterocycles. The Labute approximate surface area is 104 Å². The van der Waals surface area contributed by atoms with E-state index in [0.29, 0.717) is 12.2 Å². The Hall–Kier alpha value is -1.06. The van der Waals surface area contributed by atoms with Crippen molar-refractivity contribution >= 4 is 5.69 Å². The van der Waals surface area contributed by atoms with Gasteiger partial charge in [-0.25, -0.2) is 0 Å². The molecule has 0 aliphatic carbocycles. The zero-order chi connectivity index (χ0) is 12.4. The Bertz CT molecular complexity index is 382. The normalized spacial score (nSPS) is 26.1. The number of hydrogen-bond acceptors (Lipinski definition) is 3. The van der Waals surface area contributed by atoms with E-state index in [9.17, 15) is 0 Å². The number of nitrogens with two attached hydrogens (primary N) is 1. The molecular formula is C14H22N2O. The number of nitrogens with zero attached hydrogens (tertiary/aromatic N) is 1. The second-order valence-electron chi connectivity index (χ2n) is 5.08. The fourth-order valence-corrected chi connectivity index (χ4v) is 2.53. The smallest absolute Gasteiger partial charge is 0.0678 e. The molecule has 94 valence electrons. The van der Waals surface area contributed by atoms with Crippen molar-refractivity contribution in [2.45, 2.75) is 39.5 Å². The van der Waals surface area contributed by atoms with Crippen molar-refractivity contribution in [3.63, 3.8) is 0 Å². The van der Waals surface area contributed by atoms with Crippen molar-refractivity contribution < 1.29 is 4.74 Å². The number of rotatable bonds is 2. The van der Waals surface area contributed by atoms with Crippen LogP contribution in [0.3, 0.4) is 0 Å². The van der Waals surface area contributed by atoms with Crippen molar-refractivity contribution in [1.29, 1.82) is 0 Å². The average molecular weight is 234 g/mol. The lowest BCUT2D eigenvalue weighted by atomic mass is 10.1. The van der Waals surface area contributed by atoms with Gasteiger partial charge in [-0.05, 0) is 38.0 Å². The summed E-state index contributed by atoms with van der Waals surface area (Å²) in [7, 11) is 0. The topological polar surface area (TPSA) is 38.5 Å². The molecule has 3 heteroatoms. The highest BCUT2D eigenvalue weighted by Gasteiger charge is 2.22. The molecule has 1 aromatic rings. The van der Waals surface area contributed by atoms with Crippen LogP contribution in [-0.2, 0) is 11.3 Å². The summed E-state index contributed by atoms with van der Waals surface area (Å²) in [5.41, 5.74) is 9.36. The molecule has 0 unspecified atom stereocenters. The summed E-state index contributed by atoms with van der Waals surface area (Å²) in [6, 6.07) is 6.16. The molecule has 0 amide bonds. The summed E-state index contributed by atoms with van der Waals surface area (Å²) >= 11 is 0. The molecule has 1 heterocycles. The van der Waals surface area contributed by atoms with Crippen LogP contribution in [0, 0.1) is 6.92 Å². The standard InChI is InChI=1S/C14H22N2O/c1-10-7-16(8-11(2)17-10)9-13-5-4-6-14(15)12(13)3/h4-6,10-11H,7-9,15H2,1-3H3/t10-,11+. The van der Waals surface area contributed by atoms with E-state index in [1.807, 2.05) is 12.1 Å². The minimum atomic E-state index is 0.320. The van der Waals surface area contributed by atoms with E-state index in [2.05, 4.69) is 31.7 Å². The van der Waals surface area contributed by atoms with Crippen LogP contribution in [0.25, 0.3) is 0 Å². The van der Waals surface area contributed by atoms with Gasteiger partial charge in [-0.2, -0.15) is 0 Å². The summed E-state index contributed by atoms with van der Waals surface area (Å²) in [6.07, 6.45) is 0.639. The molecule has 2 atom stereocenters. The van der Waals surface area contributed by atoms with Crippen LogP contribution in [0.1, 0.15) is 25.0 Å². The average Bonchev–Trinajstić information content (AvgIpc) is 2.23. The van der Waals surface area contributed by atoms with Gasteiger partial charge in [0.05, 0.1) is 12.2 Å². The summed E-state index contributed by atoms with van der Waals surface area (Å²) in [5, 5.41) is 0. The highest BCUT2D eigenvalue weighted by atomic mass is 16.5. The van der Waals surface area contributed by atoms with Crippen molar-refractivity contribution in [2.24, 2.45) is 0 Å². The fraction of sp³-hybridized carbons (Fsp3) is 0.571. The first kappa shape index (κ1) is 12.4. The van der Waals surface area contributed by atoms with Gasteiger partial charge in [-0.3, -0.25) is 4.90 Å². The molecule has 1 aromatic carbocycles. The molecule has 3 nitrogen and oxygen atoms in total. The molecular weight excluding hydrogens is 212 g/mol. The van der Waals surface area contributed by atoms with Gasteiger partial charge >= 0.3 is 0 Å². The summed E-state index contributed by atoms with van der Waals surface area (Å²) in [5.74, 6) is 0. The van der Waals surface area contributed by atoms with Crippen LogP contribution in [0.5, 0.6) is 0 Å². The van der Waals surface area contributed by atoms with Crippen molar-refractivity contribution in [3.05, 3.63) is 29.3 Å². The highest BCUT2D eigenvalue weighted by molar-refractivity contribution is 5.49. The second kappa shape index (κ2) is 5.07. The molecule has 1 fully saturated rings. The molecule has 0 bridgehead atoms. The maximum absolute atomic E-state index is 5.94.